The van der Waals surface area contributed by atoms with Crippen LogP contribution in [-0.4, -0.2) is 43.6 Å². The highest BCUT2D eigenvalue weighted by atomic mass is 31.2. The van der Waals surface area contributed by atoms with Gasteiger partial charge in [0.15, 0.2) is 5.78 Å². The normalized spacial score (nSPS) is 20.3. The molecule has 0 aromatic heterocycles. The minimum atomic E-state index is -3.97. The summed E-state index contributed by atoms with van der Waals surface area (Å²) in [6.45, 7) is 6.90. The molecule has 1 saturated heterocycles. The van der Waals surface area contributed by atoms with Crippen molar-refractivity contribution < 1.29 is 32.3 Å². The number of benzene rings is 1. The molecule has 1 aromatic carbocycles. The Morgan fingerprint density at radius 2 is 1.86 bits per heavy atom. The number of carbonyl (C=O) groups is 2. The standard InChI is InChI=1S/C19H27FNO6P/c1-6-26-28(24,27-7-2)17(13-10-8-9-11-14(13)20)21-12-19(3,4)15(16(21)22)18(23)25-5/h8-11,15,17H,6-7,12H2,1-5H3. The van der Waals surface area contributed by atoms with Gasteiger partial charge in [-0.3, -0.25) is 14.2 Å². The van der Waals surface area contributed by atoms with Crippen LogP contribution in [0.25, 0.3) is 0 Å². The van der Waals surface area contributed by atoms with E-state index >= 15 is 0 Å². The lowest BCUT2D eigenvalue weighted by Gasteiger charge is -2.34. The molecule has 1 aliphatic heterocycles. The minimum Gasteiger partial charge on any atom is -0.468 e. The molecule has 7 nitrogen and oxygen atoms in total. The number of rotatable bonds is 8. The fourth-order valence-corrected chi connectivity index (χ4v) is 5.75. The molecule has 1 amide bonds. The maximum Gasteiger partial charge on any atom is 0.357 e. The average molecular weight is 415 g/mol. The summed E-state index contributed by atoms with van der Waals surface area (Å²) in [5, 5.41) is 0. The summed E-state index contributed by atoms with van der Waals surface area (Å²) in [5.74, 6) is -4.32. The largest absolute Gasteiger partial charge is 0.468 e. The second-order valence-electron chi connectivity index (χ2n) is 7.18. The van der Waals surface area contributed by atoms with Gasteiger partial charge in [-0.1, -0.05) is 32.0 Å². The molecule has 1 aromatic rings. The van der Waals surface area contributed by atoms with Gasteiger partial charge in [0.1, 0.15) is 11.7 Å². The summed E-state index contributed by atoms with van der Waals surface area (Å²) in [7, 11) is -2.77. The molecule has 1 heterocycles. The quantitative estimate of drug-likeness (QED) is 0.365. The summed E-state index contributed by atoms with van der Waals surface area (Å²) in [5.41, 5.74) is -0.792. The summed E-state index contributed by atoms with van der Waals surface area (Å²) in [6.07, 6.45) is 0. The molecule has 0 N–H and O–H groups in total. The van der Waals surface area contributed by atoms with E-state index in [0.29, 0.717) is 0 Å². The Morgan fingerprint density at radius 1 is 1.29 bits per heavy atom. The Bertz CT molecular complexity index is 773. The average Bonchev–Trinajstić information content (AvgIpc) is 2.85. The summed E-state index contributed by atoms with van der Waals surface area (Å²) < 4.78 is 44.0. The predicted octanol–water partition coefficient (Wildman–Crippen LogP) is 3.75. The number of amides is 1. The van der Waals surface area contributed by atoms with Crippen molar-refractivity contribution in [2.24, 2.45) is 11.3 Å². The molecule has 2 unspecified atom stereocenters. The summed E-state index contributed by atoms with van der Waals surface area (Å²) >= 11 is 0. The molecular weight excluding hydrogens is 388 g/mol. The van der Waals surface area contributed by atoms with Gasteiger partial charge in [-0.15, -0.1) is 0 Å². The third kappa shape index (κ3) is 4.14. The van der Waals surface area contributed by atoms with Crippen molar-refractivity contribution in [2.45, 2.75) is 33.5 Å². The molecular formula is C19H27FNO6P. The minimum absolute atomic E-state index is 0.0161. The van der Waals surface area contributed by atoms with Crippen LogP contribution < -0.4 is 0 Å². The highest BCUT2D eigenvalue weighted by molar-refractivity contribution is 7.54. The number of nitrogens with zero attached hydrogens (tertiary/aromatic N) is 1. The molecule has 1 aliphatic rings. The Morgan fingerprint density at radius 3 is 2.36 bits per heavy atom. The van der Waals surface area contributed by atoms with Crippen molar-refractivity contribution in [1.82, 2.24) is 4.90 Å². The van der Waals surface area contributed by atoms with Crippen molar-refractivity contribution in [2.75, 3.05) is 26.9 Å². The van der Waals surface area contributed by atoms with E-state index in [4.69, 9.17) is 13.8 Å². The van der Waals surface area contributed by atoms with Gasteiger partial charge >= 0.3 is 13.6 Å². The molecule has 2 atom stereocenters. The van der Waals surface area contributed by atoms with Gasteiger partial charge in [0.2, 0.25) is 5.91 Å². The monoisotopic (exact) mass is 415 g/mol. The van der Waals surface area contributed by atoms with Gasteiger partial charge in [-0.05, 0) is 19.9 Å². The number of halogens is 1. The number of hydrogen-bond acceptors (Lipinski definition) is 6. The molecule has 2 rings (SSSR count). The first-order valence-corrected chi connectivity index (χ1v) is 10.8. The van der Waals surface area contributed by atoms with Crippen molar-refractivity contribution in [3.05, 3.63) is 35.6 Å². The third-order valence-corrected chi connectivity index (χ3v) is 7.11. The second-order valence-corrected chi connectivity index (χ2v) is 9.27. The second kappa shape index (κ2) is 8.72. The number of methoxy groups -OCH3 is 1. The van der Waals surface area contributed by atoms with Gasteiger partial charge < -0.3 is 18.7 Å². The number of ether oxygens (including phenoxy) is 1. The molecule has 0 radical (unpaired) electrons. The van der Waals surface area contributed by atoms with E-state index < -0.39 is 42.4 Å². The van der Waals surface area contributed by atoms with E-state index in [1.165, 1.54) is 30.2 Å². The molecule has 0 aliphatic carbocycles. The molecule has 1 fully saturated rings. The molecule has 0 spiro atoms. The maximum absolute atomic E-state index is 14.7. The van der Waals surface area contributed by atoms with Crippen LogP contribution in [0.15, 0.2) is 24.3 Å². The van der Waals surface area contributed by atoms with Gasteiger partial charge in [0.25, 0.3) is 0 Å². The Labute approximate surface area is 164 Å². The maximum atomic E-state index is 14.7. The smallest absolute Gasteiger partial charge is 0.357 e. The Kier molecular flexibility index (Phi) is 7.02. The Hall–Kier alpha value is -1.76. The van der Waals surface area contributed by atoms with Crippen LogP contribution in [0.2, 0.25) is 0 Å². The number of esters is 1. The fraction of sp³-hybridized carbons (Fsp3) is 0.579. The van der Waals surface area contributed by atoms with Gasteiger partial charge in [-0.2, -0.15) is 0 Å². The van der Waals surface area contributed by atoms with Gasteiger partial charge in [-0.25, -0.2) is 4.39 Å². The van der Waals surface area contributed by atoms with Gasteiger partial charge in [0, 0.05) is 17.5 Å². The van der Waals surface area contributed by atoms with Crippen molar-refractivity contribution in [1.29, 1.82) is 0 Å². The van der Waals surface area contributed by atoms with Crippen LogP contribution in [-0.2, 0) is 27.9 Å². The lowest BCUT2D eigenvalue weighted by atomic mass is 9.82. The Balaban J connectivity index is 2.63. The zero-order chi connectivity index (χ0) is 21.1. The molecule has 9 heteroatoms. The van der Waals surface area contributed by atoms with Crippen molar-refractivity contribution in [3.8, 4) is 0 Å². The highest BCUT2D eigenvalue weighted by Crippen LogP contribution is 2.64. The predicted molar refractivity (Wildman–Crippen MR) is 101 cm³/mol. The van der Waals surface area contributed by atoms with E-state index in [-0.39, 0.29) is 25.3 Å². The van der Waals surface area contributed by atoms with E-state index in [1.807, 2.05) is 0 Å². The molecule has 156 valence electrons. The third-order valence-electron chi connectivity index (χ3n) is 4.72. The number of hydrogen-bond donors (Lipinski definition) is 0. The zero-order valence-electron chi connectivity index (χ0n) is 16.8. The van der Waals surface area contributed by atoms with Crippen LogP contribution in [0.5, 0.6) is 0 Å². The van der Waals surface area contributed by atoms with Crippen LogP contribution in [0.4, 0.5) is 4.39 Å². The lowest BCUT2D eigenvalue weighted by Crippen LogP contribution is -2.35. The SMILES string of the molecule is CCOP(=O)(OCC)C(c1ccccc1F)N1CC(C)(C)C(C(=O)OC)C1=O. The summed E-state index contributed by atoms with van der Waals surface area (Å²) in [6, 6.07) is 5.73. The van der Waals surface area contributed by atoms with E-state index in [0.717, 1.165) is 0 Å². The first-order valence-electron chi connectivity index (χ1n) is 9.14. The summed E-state index contributed by atoms with van der Waals surface area (Å²) in [4.78, 5) is 26.6. The first kappa shape index (κ1) is 22.5. The highest BCUT2D eigenvalue weighted by Gasteiger charge is 2.57. The number of likely N-dealkylation sites (tertiary alicyclic amines) is 1. The molecule has 0 saturated carbocycles. The van der Waals surface area contributed by atoms with Crippen LogP contribution in [0.1, 0.15) is 39.0 Å². The van der Waals surface area contributed by atoms with E-state index in [1.54, 1.807) is 33.8 Å². The van der Waals surface area contributed by atoms with Crippen LogP contribution in [0, 0.1) is 17.2 Å². The first-order chi connectivity index (χ1) is 13.1. The van der Waals surface area contributed by atoms with E-state index in [9.17, 15) is 18.5 Å². The van der Waals surface area contributed by atoms with Crippen LogP contribution >= 0.6 is 7.60 Å². The van der Waals surface area contributed by atoms with Gasteiger partial charge in [0.05, 0.1) is 20.3 Å². The number of carbonyl (C=O) groups excluding carboxylic acids is 2. The lowest BCUT2D eigenvalue weighted by molar-refractivity contribution is -0.153. The fourth-order valence-electron chi connectivity index (χ4n) is 3.58. The molecule has 0 bridgehead atoms. The van der Waals surface area contributed by atoms with Crippen molar-refractivity contribution >= 4 is 19.5 Å². The zero-order valence-corrected chi connectivity index (χ0v) is 17.7. The van der Waals surface area contributed by atoms with E-state index in [2.05, 4.69) is 0 Å². The molecule has 28 heavy (non-hydrogen) atoms. The van der Waals surface area contributed by atoms with Crippen LogP contribution in [0.3, 0.4) is 0 Å². The topological polar surface area (TPSA) is 82.1 Å². The van der Waals surface area contributed by atoms with Crippen molar-refractivity contribution in [3.63, 3.8) is 0 Å².